The van der Waals surface area contributed by atoms with Gasteiger partial charge in [-0.1, -0.05) is 0 Å². The van der Waals surface area contributed by atoms with Gasteiger partial charge in [0.05, 0.1) is 15.4 Å². The van der Waals surface area contributed by atoms with Crippen molar-refractivity contribution >= 4 is 15.7 Å². The van der Waals surface area contributed by atoms with E-state index in [1.807, 2.05) is 0 Å². The number of nitro groups is 1. The van der Waals surface area contributed by atoms with Crippen LogP contribution in [0.5, 0.6) is 0 Å². The third-order valence-electron chi connectivity index (χ3n) is 2.77. The lowest BCUT2D eigenvalue weighted by molar-refractivity contribution is -0.384. The Hall–Kier alpha value is -1.51. The van der Waals surface area contributed by atoms with Crippen LogP contribution >= 0.6 is 0 Å². The van der Waals surface area contributed by atoms with Gasteiger partial charge in [0.1, 0.15) is 0 Å². The summed E-state index contributed by atoms with van der Waals surface area (Å²) in [7, 11) is -3.63. The Morgan fingerprint density at radius 3 is 2.28 bits per heavy atom. The molecule has 0 aromatic heterocycles. The SMILES string of the molecule is CC1(NS(=O)(=O)c2ccc([N+](=O)[O-])cc2)CNC1. The summed E-state index contributed by atoms with van der Waals surface area (Å²) in [5.74, 6) is 0. The molecule has 1 aromatic carbocycles. The minimum atomic E-state index is -3.63. The van der Waals surface area contributed by atoms with E-state index >= 15 is 0 Å². The molecule has 1 aromatic rings. The third kappa shape index (κ3) is 2.50. The number of nitrogens with one attached hydrogen (secondary N) is 2. The maximum atomic E-state index is 12.0. The van der Waals surface area contributed by atoms with Crippen molar-refractivity contribution in [3.8, 4) is 0 Å². The number of nitrogens with zero attached hydrogens (tertiary/aromatic N) is 1. The largest absolute Gasteiger partial charge is 0.313 e. The zero-order chi connectivity index (χ0) is 13.4. The van der Waals surface area contributed by atoms with Crippen LogP contribution in [0.1, 0.15) is 6.92 Å². The second-order valence-electron chi connectivity index (χ2n) is 4.52. The van der Waals surface area contributed by atoms with Crippen LogP contribution in [-0.2, 0) is 10.0 Å². The van der Waals surface area contributed by atoms with E-state index in [2.05, 4.69) is 10.0 Å². The zero-order valence-electron chi connectivity index (χ0n) is 9.71. The van der Waals surface area contributed by atoms with Crippen LogP contribution in [0.25, 0.3) is 0 Å². The molecule has 98 valence electrons. The number of nitro benzene ring substituents is 1. The van der Waals surface area contributed by atoms with Crippen molar-refractivity contribution in [2.24, 2.45) is 0 Å². The monoisotopic (exact) mass is 271 g/mol. The molecular formula is C10H13N3O4S. The molecular weight excluding hydrogens is 258 g/mol. The van der Waals surface area contributed by atoms with Crippen molar-refractivity contribution in [3.63, 3.8) is 0 Å². The fourth-order valence-electron chi connectivity index (χ4n) is 1.70. The summed E-state index contributed by atoms with van der Waals surface area (Å²) in [6, 6.07) is 4.82. The molecule has 1 aliphatic rings. The van der Waals surface area contributed by atoms with Gasteiger partial charge in [0.25, 0.3) is 5.69 Å². The highest BCUT2D eigenvalue weighted by Gasteiger charge is 2.36. The molecule has 0 unspecified atom stereocenters. The van der Waals surface area contributed by atoms with Gasteiger partial charge < -0.3 is 5.32 Å². The van der Waals surface area contributed by atoms with Gasteiger partial charge in [-0.15, -0.1) is 0 Å². The van der Waals surface area contributed by atoms with Crippen molar-refractivity contribution in [2.75, 3.05) is 13.1 Å². The fraction of sp³-hybridized carbons (Fsp3) is 0.400. The number of rotatable bonds is 4. The quantitative estimate of drug-likeness (QED) is 0.603. The Balaban J connectivity index is 2.22. The summed E-state index contributed by atoms with van der Waals surface area (Å²) >= 11 is 0. The van der Waals surface area contributed by atoms with Crippen molar-refractivity contribution in [1.29, 1.82) is 0 Å². The van der Waals surface area contributed by atoms with Crippen molar-refractivity contribution in [2.45, 2.75) is 17.4 Å². The van der Waals surface area contributed by atoms with Gasteiger partial charge in [-0.05, 0) is 19.1 Å². The third-order valence-corrected chi connectivity index (χ3v) is 4.42. The van der Waals surface area contributed by atoms with E-state index in [4.69, 9.17) is 0 Å². The van der Waals surface area contributed by atoms with Crippen LogP contribution < -0.4 is 10.0 Å². The first kappa shape index (κ1) is 12.9. The van der Waals surface area contributed by atoms with E-state index in [1.54, 1.807) is 6.92 Å². The Labute approximate surface area is 104 Å². The highest BCUT2D eigenvalue weighted by molar-refractivity contribution is 7.89. The standard InChI is InChI=1S/C10H13N3O4S/c1-10(6-11-7-10)12-18(16,17)9-4-2-8(3-5-9)13(14)15/h2-5,11-12H,6-7H2,1H3. The van der Waals surface area contributed by atoms with Crippen LogP contribution in [0.15, 0.2) is 29.2 Å². The molecule has 7 nitrogen and oxygen atoms in total. The molecule has 0 amide bonds. The van der Waals surface area contributed by atoms with Gasteiger partial charge in [-0.25, -0.2) is 13.1 Å². The second kappa shape index (κ2) is 4.30. The highest BCUT2D eigenvalue weighted by atomic mass is 32.2. The average Bonchev–Trinajstić information content (AvgIpc) is 2.26. The summed E-state index contributed by atoms with van der Waals surface area (Å²) in [5.41, 5.74) is -0.619. The first-order chi connectivity index (χ1) is 8.32. The number of hydrogen-bond acceptors (Lipinski definition) is 5. The van der Waals surface area contributed by atoms with Gasteiger partial charge in [-0.3, -0.25) is 10.1 Å². The van der Waals surface area contributed by atoms with Crippen molar-refractivity contribution in [1.82, 2.24) is 10.0 Å². The number of non-ortho nitro benzene ring substituents is 1. The van der Waals surface area contributed by atoms with Crippen LogP contribution in [-0.4, -0.2) is 32.0 Å². The Morgan fingerprint density at radius 1 is 1.33 bits per heavy atom. The lowest BCUT2D eigenvalue weighted by Crippen LogP contribution is -2.66. The van der Waals surface area contributed by atoms with Crippen LogP contribution in [0, 0.1) is 10.1 Å². The molecule has 0 spiro atoms. The van der Waals surface area contributed by atoms with E-state index in [0.717, 1.165) is 0 Å². The maximum absolute atomic E-state index is 12.0. The molecule has 0 aliphatic carbocycles. The molecule has 1 fully saturated rings. The average molecular weight is 271 g/mol. The van der Waals surface area contributed by atoms with E-state index in [9.17, 15) is 18.5 Å². The molecule has 1 saturated heterocycles. The molecule has 0 radical (unpaired) electrons. The summed E-state index contributed by atoms with van der Waals surface area (Å²) in [4.78, 5) is 9.94. The lowest BCUT2D eigenvalue weighted by Gasteiger charge is -2.39. The molecule has 0 bridgehead atoms. The van der Waals surface area contributed by atoms with Crippen LogP contribution in [0.3, 0.4) is 0 Å². The van der Waals surface area contributed by atoms with Gasteiger partial charge in [-0.2, -0.15) is 0 Å². The van der Waals surface area contributed by atoms with Crippen molar-refractivity contribution in [3.05, 3.63) is 34.4 Å². The molecule has 18 heavy (non-hydrogen) atoms. The predicted molar refractivity (Wildman–Crippen MR) is 64.7 cm³/mol. The summed E-state index contributed by atoms with van der Waals surface area (Å²) in [5, 5.41) is 13.5. The first-order valence-corrected chi connectivity index (χ1v) is 6.80. The number of sulfonamides is 1. The number of benzene rings is 1. The van der Waals surface area contributed by atoms with E-state index in [-0.39, 0.29) is 10.6 Å². The molecule has 1 heterocycles. The first-order valence-electron chi connectivity index (χ1n) is 5.32. The van der Waals surface area contributed by atoms with Crippen molar-refractivity contribution < 1.29 is 13.3 Å². The highest BCUT2D eigenvalue weighted by Crippen LogP contribution is 2.19. The Bertz CT molecular complexity index is 563. The van der Waals surface area contributed by atoms with Gasteiger partial charge in [0, 0.05) is 25.2 Å². The molecule has 2 N–H and O–H groups in total. The van der Waals surface area contributed by atoms with Crippen LogP contribution in [0.2, 0.25) is 0 Å². The van der Waals surface area contributed by atoms with E-state index in [0.29, 0.717) is 13.1 Å². The summed E-state index contributed by atoms with van der Waals surface area (Å²) < 4.78 is 26.6. The molecule has 0 atom stereocenters. The smallest absolute Gasteiger partial charge is 0.269 e. The topological polar surface area (TPSA) is 101 Å². The van der Waals surface area contributed by atoms with E-state index in [1.165, 1.54) is 24.3 Å². The number of hydrogen-bond donors (Lipinski definition) is 2. The zero-order valence-corrected chi connectivity index (χ0v) is 10.5. The molecule has 1 aliphatic heterocycles. The minimum Gasteiger partial charge on any atom is -0.313 e. The molecule has 0 saturated carbocycles. The summed E-state index contributed by atoms with van der Waals surface area (Å²) in [6.07, 6.45) is 0. The van der Waals surface area contributed by atoms with E-state index < -0.39 is 20.5 Å². The second-order valence-corrected chi connectivity index (χ2v) is 6.20. The van der Waals surface area contributed by atoms with Gasteiger partial charge >= 0.3 is 0 Å². The Morgan fingerprint density at radius 2 is 1.89 bits per heavy atom. The van der Waals surface area contributed by atoms with Gasteiger partial charge in [0.15, 0.2) is 0 Å². The molecule has 2 rings (SSSR count). The normalized spacial score (nSPS) is 18.1. The van der Waals surface area contributed by atoms with Crippen LogP contribution in [0.4, 0.5) is 5.69 Å². The lowest BCUT2D eigenvalue weighted by atomic mass is 9.97. The molecule has 8 heteroatoms. The Kier molecular flexibility index (Phi) is 3.09. The maximum Gasteiger partial charge on any atom is 0.269 e. The fourth-order valence-corrected chi connectivity index (χ4v) is 3.11. The predicted octanol–water partition coefficient (Wildman–Crippen LogP) is 0.235. The minimum absolute atomic E-state index is 0.0289. The summed E-state index contributed by atoms with van der Waals surface area (Å²) in [6.45, 7) is 2.94. The van der Waals surface area contributed by atoms with Gasteiger partial charge in [0.2, 0.25) is 10.0 Å².